The molecule has 2 aromatic carbocycles. The third-order valence-corrected chi connectivity index (χ3v) is 5.78. The van der Waals surface area contributed by atoms with Crippen LogP contribution in [0.25, 0.3) is 10.2 Å². The van der Waals surface area contributed by atoms with E-state index in [1.165, 1.54) is 11.3 Å². The highest BCUT2D eigenvalue weighted by Crippen LogP contribution is 2.36. The second-order valence-corrected chi connectivity index (χ2v) is 7.51. The molecule has 6 heteroatoms. The van der Waals surface area contributed by atoms with Crippen LogP contribution in [-0.2, 0) is 12.0 Å². The van der Waals surface area contributed by atoms with E-state index < -0.39 is 5.60 Å². The summed E-state index contributed by atoms with van der Waals surface area (Å²) in [5.41, 5.74) is 4.14. The average Bonchev–Trinajstić information content (AvgIpc) is 3.14. The van der Waals surface area contributed by atoms with E-state index in [1.54, 1.807) is 18.7 Å². The molecule has 1 amide bonds. The predicted molar refractivity (Wildman–Crippen MR) is 102 cm³/mol. The van der Waals surface area contributed by atoms with Crippen LogP contribution < -0.4 is 10.1 Å². The minimum absolute atomic E-state index is 0.186. The van der Waals surface area contributed by atoms with Crippen molar-refractivity contribution in [2.75, 3.05) is 13.7 Å². The van der Waals surface area contributed by atoms with Gasteiger partial charge in [0.15, 0.2) is 0 Å². The van der Waals surface area contributed by atoms with Gasteiger partial charge in [-0.05, 0) is 60.7 Å². The Balaban J connectivity index is 1.53. The van der Waals surface area contributed by atoms with Crippen molar-refractivity contribution in [2.45, 2.75) is 24.9 Å². The second-order valence-electron chi connectivity index (χ2n) is 6.63. The number of nitrogens with zero attached hydrogens (tertiary/aromatic N) is 1. The molecule has 1 heterocycles. The molecule has 1 aliphatic rings. The van der Waals surface area contributed by atoms with Gasteiger partial charge in [-0.1, -0.05) is 6.07 Å². The first-order valence-corrected chi connectivity index (χ1v) is 9.48. The number of aliphatic hydroxyl groups is 1. The van der Waals surface area contributed by atoms with E-state index in [-0.39, 0.29) is 12.5 Å². The fourth-order valence-corrected chi connectivity index (χ4v) is 4.29. The maximum absolute atomic E-state index is 12.5. The number of carbonyl (C=O) groups excluding carboxylic acids is 1. The summed E-state index contributed by atoms with van der Waals surface area (Å²) < 4.78 is 6.26. The molecule has 0 radical (unpaired) electrons. The molecular formula is C20H20N2O3S. The summed E-state index contributed by atoms with van der Waals surface area (Å²) in [5, 5.41) is 14.1. The molecule has 2 N–H and O–H groups in total. The quantitative estimate of drug-likeness (QED) is 0.741. The first-order chi connectivity index (χ1) is 12.6. The second kappa shape index (κ2) is 6.70. The lowest BCUT2D eigenvalue weighted by Gasteiger charge is -2.35. The molecule has 0 aliphatic heterocycles. The Hall–Kier alpha value is -2.44. The molecule has 0 bridgehead atoms. The van der Waals surface area contributed by atoms with Gasteiger partial charge in [0.25, 0.3) is 5.91 Å². The third kappa shape index (κ3) is 3.06. The van der Waals surface area contributed by atoms with Gasteiger partial charge in [0.2, 0.25) is 0 Å². The van der Waals surface area contributed by atoms with Gasteiger partial charge in [0.1, 0.15) is 11.4 Å². The highest BCUT2D eigenvalue weighted by atomic mass is 32.1. The number of amides is 1. The van der Waals surface area contributed by atoms with Gasteiger partial charge >= 0.3 is 0 Å². The summed E-state index contributed by atoms with van der Waals surface area (Å²) >= 11 is 1.51. The number of aryl methyl sites for hydroxylation is 1. The molecule has 3 aromatic rings. The van der Waals surface area contributed by atoms with Crippen LogP contribution in [0.5, 0.6) is 5.75 Å². The Kier molecular flexibility index (Phi) is 4.38. The number of fused-ring (bicyclic) bond motifs is 2. The Morgan fingerprint density at radius 1 is 1.35 bits per heavy atom. The number of ether oxygens (including phenoxy) is 1. The molecule has 1 aromatic heterocycles. The maximum atomic E-state index is 12.5. The van der Waals surface area contributed by atoms with Crippen molar-refractivity contribution in [1.29, 1.82) is 0 Å². The SMILES string of the molecule is COc1ccc2c(c1)CCCC2(O)CNC(=O)c1ccc2ncsc2c1. The zero-order valence-electron chi connectivity index (χ0n) is 14.5. The van der Waals surface area contributed by atoms with Crippen LogP contribution in [0.1, 0.15) is 34.3 Å². The first-order valence-electron chi connectivity index (χ1n) is 8.60. The molecule has 1 atom stereocenters. The van der Waals surface area contributed by atoms with Crippen molar-refractivity contribution < 1.29 is 14.6 Å². The molecule has 5 nitrogen and oxygen atoms in total. The molecule has 1 unspecified atom stereocenters. The molecule has 0 spiro atoms. The zero-order chi connectivity index (χ0) is 18.1. The molecule has 26 heavy (non-hydrogen) atoms. The van der Waals surface area contributed by atoms with Crippen molar-refractivity contribution in [3.63, 3.8) is 0 Å². The lowest BCUT2D eigenvalue weighted by atomic mass is 9.79. The van der Waals surface area contributed by atoms with Crippen molar-refractivity contribution in [3.05, 3.63) is 58.6 Å². The summed E-state index contributed by atoms with van der Waals surface area (Å²) in [5.74, 6) is 0.601. The van der Waals surface area contributed by atoms with Gasteiger partial charge in [-0.15, -0.1) is 11.3 Å². The predicted octanol–water partition coefficient (Wildman–Crippen LogP) is 3.26. The fourth-order valence-electron chi connectivity index (χ4n) is 3.57. The van der Waals surface area contributed by atoms with Crippen LogP contribution in [0.4, 0.5) is 0 Å². The average molecular weight is 368 g/mol. The van der Waals surface area contributed by atoms with Gasteiger partial charge in [0, 0.05) is 5.56 Å². The summed E-state index contributed by atoms with van der Waals surface area (Å²) in [6, 6.07) is 11.2. The minimum Gasteiger partial charge on any atom is -0.497 e. The maximum Gasteiger partial charge on any atom is 0.251 e. The Morgan fingerprint density at radius 2 is 2.23 bits per heavy atom. The number of benzene rings is 2. The van der Waals surface area contributed by atoms with Gasteiger partial charge in [-0.25, -0.2) is 4.98 Å². The standard InChI is InChI=1S/C20H20N2O3S/c1-25-15-5-6-16-13(9-15)3-2-8-20(16,24)11-21-19(23)14-4-7-17-18(10-14)26-12-22-17/h4-7,9-10,12,24H,2-3,8,11H2,1H3,(H,21,23). The van der Waals surface area contributed by atoms with E-state index in [0.29, 0.717) is 12.0 Å². The lowest BCUT2D eigenvalue weighted by molar-refractivity contribution is 0.0189. The number of nitrogens with one attached hydrogen (secondary N) is 1. The van der Waals surface area contributed by atoms with Gasteiger partial charge in [-0.2, -0.15) is 0 Å². The topological polar surface area (TPSA) is 71.5 Å². The summed E-state index contributed by atoms with van der Waals surface area (Å²) in [6.45, 7) is 0.186. The van der Waals surface area contributed by atoms with E-state index in [4.69, 9.17) is 4.74 Å². The molecule has 0 fully saturated rings. The Labute approximate surface area is 155 Å². The van der Waals surface area contributed by atoms with Crippen molar-refractivity contribution in [1.82, 2.24) is 10.3 Å². The number of hydrogen-bond donors (Lipinski definition) is 2. The van der Waals surface area contributed by atoms with Crippen LogP contribution in [0, 0.1) is 0 Å². The molecular weight excluding hydrogens is 348 g/mol. The molecule has 0 saturated heterocycles. The number of methoxy groups -OCH3 is 1. The van der Waals surface area contributed by atoms with Crippen LogP contribution in [-0.4, -0.2) is 29.7 Å². The van der Waals surface area contributed by atoms with Crippen LogP contribution in [0.2, 0.25) is 0 Å². The van der Waals surface area contributed by atoms with Crippen molar-refractivity contribution in [3.8, 4) is 5.75 Å². The van der Waals surface area contributed by atoms with Gasteiger partial charge in [-0.3, -0.25) is 4.79 Å². The van der Waals surface area contributed by atoms with E-state index in [9.17, 15) is 9.90 Å². The smallest absolute Gasteiger partial charge is 0.251 e. The zero-order valence-corrected chi connectivity index (χ0v) is 15.3. The molecule has 0 saturated carbocycles. The van der Waals surface area contributed by atoms with Crippen molar-refractivity contribution >= 4 is 27.5 Å². The highest BCUT2D eigenvalue weighted by molar-refractivity contribution is 7.16. The van der Waals surface area contributed by atoms with E-state index in [0.717, 1.165) is 39.9 Å². The Morgan fingerprint density at radius 3 is 3.08 bits per heavy atom. The number of rotatable bonds is 4. The van der Waals surface area contributed by atoms with E-state index in [2.05, 4.69) is 10.3 Å². The van der Waals surface area contributed by atoms with E-state index in [1.807, 2.05) is 30.3 Å². The Bertz CT molecular complexity index is 969. The summed E-state index contributed by atoms with van der Waals surface area (Å²) in [6.07, 6.45) is 2.41. The number of thiazole rings is 1. The lowest BCUT2D eigenvalue weighted by Crippen LogP contribution is -2.43. The normalized spacial score (nSPS) is 19.2. The van der Waals surface area contributed by atoms with Crippen molar-refractivity contribution in [2.24, 2.45) is 0 Å². The monoisotopic (exact) mass is 368 g/mol. The van der Waals surface area contributed by atoms with Gasteiger partial charge in [0.05, 0.1) is 29.4 Å². The minimum atomic E-state index is -1.05. The molecule has 134 valence electrons. The third-order valence-electron chi connectivity index (χ3n) is 4.99. The highest BCUT2D eigenvalue weighted by Gasteiger charge is 2.35. The molecule has 4 rings (SSSR count). The van der Waals surface area contributed by atoms with Gasteiger partial charge < -0.3 is 15.2 Å². The van der Waals surface area contributed by atoms with Crippen LogP contribution >= 0.6 is 11.3 Å². The fraction of sp³-hybridized carbons (Fsp3) is 0.300. The molecule has 1 aliphatic carbocycles. The summed E-state index contributed by atoms with van der Waals surface area (Å²) in [7, 11) is 1.64. The van der Waals surface area contributed by atoms with Crippen LogP contribution in [0.3, 0.4) is 0 Å². The number of hydrogen-bond acceptors (Lipinski definition) is 5. The number of carbonyl (C=O) groups is 1. The summed E-state index contributed by atoms with van der Waals surface area (Å²) in [4.78, 5) is 16.8. The largest absolute Gasteiger partial charge is 0.497 e. The first kappa shape index (κ1) is 17.0. The van der Waals surface area contributed by atoms with E-state index >= 15 is 0 Å². The number of aromatic nitrogens is 1. The van der Waals surface area contributed by atoms with Crippen LogP contribution in [0.15, 0.2) is 41.9 Å².